The van der Waals surface area contributed by atoms with Crippen LogP contribution in [-0.4, -0.2) is 22.3 Å². The van der Waals surface area contributed by atoms with E-state index in [1.807, 2.05) is 0 Å². The van der Waals surface area contributed by atoms with Gasteiger partial charge >= 0.3 is 0 Å². The van der Waals surface area contributed by atoms with Gasteiger partial charge in [0.25, 0.3) is 0 Å². The third-order valence-electron chi connectivity index (χ3n) is 7.36. The van der Waals surface area contributed by atoms with E-state index in [2.05, 4.69) is 139 Å². The summed E-state index contributed by atoms with van der Waals surface area (Å²) in [7, 11) is 0. The number of anilines is 1. The van der Waals surface area contributed by atoms with E-state index in [1.165, 1.54) is 38.4 Å². The van der Waals surface area contributed by atoms with Crippen molar-refractivity contribution in [1.82, 2.24) is 4.57 Å². The van der Waals surface area contributed by atoms with Crippen molar-refractivity contribution in [1.29, 1.82) is 0 Å². The predicted octanol–water partition coefficient (Wildman–Crippen LogP) is 8.22. The zero-order valence-electron chi connectivity index (χ0n) is 21.9. The van der Waals surface area contributed by atoms with E-state index in [0.717, 1.165) is 22.5 Å². The molecule has 0 radical (unpaired) electrons. The van der Waals surface area contributed by atoms with Crippen molar-refractivity contribution >= 4 is 27.4 Å². The molecule has 0 amide bonds. The molecule has 0 aliphatic heterocycles. The topological polar surface area (TPSA) is 37.2 Å². The van der Waals surface area contributed by atoms with Crippen molar-refractivity contribution in [3.63, 3.8) is 0 Å². The van der Waals surface area contributed by atoms with Crippen molar-refractivity contribution in [2.45, 2.75) is 26.5 Å². The molecular weight excluding hydrogens is 464 g/mol. The summed E-state index contributed by atoms with van der Waals surface area (Å²) in [6.07, 6.45) is -0.587. The number of hydrogen-bond donors (Lipinski definition) is 2. The van der Waals surface area contributed by atoms with Gasteiger partial charge in [0, 0.05) is 28.6 Å². The van der Waals surface area contributed by atoms with Gasteiger partial charge in [-0.15, -0.1) is 0 Å². The molecular formula is C35H32N2O. The lowest BCUT2D eigenvalue weighted by Crippen LogP contribution is -2.25. The zero-order valence-corrected chi connectivity index (χ0v) is 21.9. The molecule has 188 valence electrons. The number of nitrogens with zero attached hydrogens (tertiary/aromatic N) is 1. The first-order valence-corrected chi connectivity index (χ1v) is 13.2. The van der Waals surface area contributed by atoms with Gasteiger partial charge in [-0.05, 0) is 42.0 Å². The maximum Gasteiger partial charge on any atom is 0.0891 e. The Morgan fingerprint density at radius 3 is 2.13 bits per heavy atom. The van der Waals surface area contributed by atoms with Crippen LogP contribution in [0.3, 0.4) is 0 Å². The molecule has 2 N–H and O–H groups in total. The lowest BCUT2D eigenvalue weighted by Gasteiger charge is -2.19. The zero-order chi connectivity index (χ0) is 26.1. The van der Waals surface area contributed by atoms with E-state index in [4.69, 9.17) is 0 Å². The Morgan fingerprint density at radius 2 is 1.39 bits per heavy atom. The first kappa shape index (κ1) is 24.0. The molecule has 1 heterocycles. The molecule has 0 unspecified atom stereocenters. The summed E-state index contributed by atoms with van der Waals surface area (Å²) < 4.78 is 2.34. The Labute approximate surface area is 224 Å². The van der Waals surface area contributed by atoms with Crippen molar-refractivity contribution in [3.8, 4) is 22.4 Å². The predicted molar refractivity (Wildman–Crippen MR) is 161 cm³/mol. The number of nitrogens with one attached hydrogen (secondary N) is 1. The second-order valence-corrected chi connectivity index (χ2v) is 10.1. The normalized spacial score (nSPS) is 12.2. The Bertz CT molecular complexity index is 1720. The lowest BCUT2D eigenvalue weighted by molar-refractivity contribution is 0.169. The van der Waals surface area contributed by atoms with Crippen LogP contribution in [0.1, 0.15) is 11.1 Å². The molecule has 0 aliphatic carbocycles. The summed E-state index contributed by atoms with van der Waals surface area (Å²) in [5.74, 6) is 0. The minimum atomic E-state index is -0.587. The summed E-state index contributed by atoms with van der Waals surface area (Å²) in [5, 5.41) is 18.5. The fourth-order valence-electron chi connectivity index (χ4n) is 5.61. The highest BCUT2D eigenvalue weighted by Gasteiger charge is 2.23. The fourth-order valence-corrected chi connectivity index (χ4v) is 5.61. The molecule has 38 heavy (non-hydrogen) atoms. The van der Waals surface area contributed by atoms with Gasteiger partial charge in [-0.25, -0.2) is 0 Å². The average Bonchev–Trinajstić information content (AvgIpc) is 3.28. The molecule has 1 aromatic heterocycles. The van der Waals surface area contributed by atoms with Crippen LogP contribution >= 0.6 is 0 Å². The van der Waals surface area contributed by atoms with Gasteiger partial charge in [-0.1, -0.05) is 115 Å². The molecule has 5 aromatic carbocycles. The van der Waals surface area contributed by atoms with Crippen molar-refractivity contribution in [2.24, 2.45) is 0 Å². The largest absolute Gasteiger partial charge is 0.389 e. The van der Waals surface area contributed by atoms with E-state index in [1.54, 1.807) is 0 Å². The van der Waals surface area contributed by atoms with Crippen LogP contribution in [-0.2, 0) is 6.54 Å². The second-order valence-electron chi connectivity index (χ2n) is 10.1. The number of aliphatic hydroxyl groups excluding tert-OH is 1. The Kier molecular flexibility index (Phi) is 6.45. The molecule has 0 fully saturated rings. The van der Waals surface area contributed by atoms with E-state index < -0.39 is 6.10 Å². The first-order valence-electron chi connectivity index (χ1n) is 13.2. The maximum atomic E-state index is 11.4. The SMILES string of the molecule is Cc1ccc(NC[C@@H](O)Cn2c(-c3ccccc3)c(-c3ccccc3)c3ccc4ccccc4c32)c(C)c1. The number of aromatic nitrogens is 1. The standard InChI is InChI=1S/C35H32N2O/c1-24-17-20-32(25(2)21-24)36-22-29(38)23-37-34(28-14-7-4-8-15-28)33(27-12-5-3-6-13-27)31-19-18-26-11-9-10-16-30(26)35(31)37/h3-21,29,36,38H,22-23H2,1-2H3/t29-/m1/s1. The number of hydrogen-bond acceptors (Lipinski definition) is 2. The molecule has 0 saturated carbocycles. The summed E-state index contributed by atoms with van der Waals surface area (Å²) >= 11 is 0. The highest BCUT2D eigenvalue weighted by atomic mass is 16.3. The third kappa shape index (κ3) is 4.46. The van der Waals surface area contributed by atoms with E-state index in [-0.39, 0.29) is 0 Å². The van der Waals surface area contributed by atoms with Crippen LogP contribution in [0.5, 0.6) is 0 Å². The van der Waals surface area contributed by atoms with Crippen LogP contribution in [0.2, 0.25) is 0 Å². The average molecular weight is 497 g/mol. The van der Waals surface area contributed by atoms with Crippen LogP contribution in [0.4, 0.5) is 5.69 Å². The van der Waals surface area contributed by atoms with Crippen molar-refractivity contribution < 1.29 is 5.11 Å². The molecule has 1 atom stereocenters. The smallest absolute Gasteiger partial charge is 0.0891 e. The fraction of sp³-hybridized carbons (Fsp3) is 0.143. The van der Waals surface area contributed by atoms with Crippen molar-refractivity contribution in [3.05, 3.63) is 126 Å². The number of benzene rings is 5. The second kappa shape index (κ2) is 10.2. The number of aliphatic hydroxyl groups is 1. The minimum absolute atomic E-state index is 0.462. The molecule has 3 nitrogen and oxygen atoms in total. The van der Waals surface area contributed by atoms with Gasteiger partial charge < -0.3 is 15.0 Å². The number of rotatable bonds is 7. The summed E-state index contributed by atoms with van der Waals surface area (Å²) in [6.45, 7) is 5.14. The highest BCUT2D eigenvalue weighted by molar-refractivity contribution is 6.15. The van der Waals surface area contributed by atoms with E-state index in [0.29, 0.717) is 13.1 Å². The quantitative estimate of drug-likeness (QED) is 0.234. The molecule has 6 rings (SSSR count). The van der Waals surface area contributed by atoms with Gasteiger partial charge in [0.1, 0.15) is 0 Å². The van der Waals surface area contributed by atoms with Crippen LogP contribution < -0.4 is 5.32 Å². The lowest BCUT2D eigenvalue weighted by atomic mass is 9.97. The van der Waals surface area contributed by atoms with Crippen molar-refractivity contribution in [2.75, 3.05) is 11.9 Å². The van der Waals surface area contributed by atoms with Crippen LogP contribution in [0.25, 0.3) is 44.1 Å². The van der Waals surface area contributed by atoms with Gasteiger partial charge in [-0.2, -0.15) is 0 Å². The monoisotopic (exact) mass is 496 g/mol. The maximum absolute atomic E-state index is 11.4. The summed E-state index contributed by atoms with van der Waals surface area (Å²) in [4.78, 5) is 0. The molecule has 0 bridgehead atoms. The molecule has 0 spiro atoms. The molecule has 0 aliphatic rings. The van der Waals surface area contributed by atoms with Gasteiger partial charge in [0.2, 0.25) is 0 Å². The Hall–Kier alpha value is -4.34. The van der Waals surface area contributed by atoms with Gasteiger partial charge in [0.15, 0.2) is 0 Å². The summed E-state index contributed by atoms with van der Waals surface area (Å²) in [6, 6.07) is 40.5. The Balaban J connectivity index is 1.53. The van der Waals surface area contributed by atoms with Gasteiger partial charge in [0.05, 0.1) is 23.9 Å². The van der Waals surface area contributed by atoms with E-state index >= 15 is 0 Å². The highest BCUT2D eigenvalue weighted by Crippen LogP contribution is 2.43. The van der Waals surface area contributed by atoms with E-state index in [9.17, 15) is 5.11 Å². The summed E-state index contributed by atoms with van der Waals surface area (Å²) in [5.41, 5.74) is 9.29. The number of aryl methyl sites for hydroxylation is 2. The third-order valence-corrected chi connectivity index (χ3v) is 7.36. The molecule has 0 saturated heterocycles. The van der Waals surface area contributed by atoms with Crippen LogP contribution in [0, 0.1) is 13.8 Å². The Morgan fingerprint density at radius 1 is 0.711 bits per heavy atom. The molecule has 3 heteroatoms. The van der Waals surface area contributed by atoms with Gasteiger partial charge in [-0.3, -0.25) is 0 Å². The number of fused-ring (bicyclic) bond motifs is 3. The first-order chi connectivity index (χ1) is 18.6. The molecule has 6 aromatic rings. The van der Waals surface area contributed by atoms with Crippen LogP contribution in [0.15, 0.2) is 115 Å². The minimum Gasteiger partial charge on any atom is -0.389 e.